The Bertz CT molecular complexity index is 350. The fourth-order valence-electron chi connectivity index (χ4n) is 1.50. The van der Waals surface area contributed by atoms with E-state index in [-0.39, 0.29) is 5.82 Å². The number of nitrogens with one attached hydrogen (secondary N) is 1. The van der Waals surface area contributed by atoms with E-state index in [1.165, 1.54) is 25.3 Å². The zero-order valence-electron chi connectivity index (χ0n) is 7.89. The van der Waals surface area contributed by atoms with Gasteiger partial charge in [-0.2, -0.15) is 0 Å². The number of anilines is 2. The lowest BCUT2D eigenvalue weighted by atomic mass is 9.93. The highest BCUT2D eigenvalue weighted by Crippen LogP contribution is 2.26. The van der Waals surface area contributed by atoms with E-state index in [9.17, 15) is 4.39 Å². The van der Waals surface area contributed by atoms with Gasteiger partial charge in [-0.05, 0) is 31.4 Å². The summed E-state index contributed by atoms with van der Waals surface area (Å²) in [6.07, 6.45) is 3.64. The third-order valence-electron chi connectivity index (χ3n) is 2.63. The summed E-state index contributed by atoms with van der Waals surface area (Å²) in [6.45, 7) is 0. The maximum atomic E-state index is 13.1. The number of hydrogen-bond acceptors (Lipinski definition) is 2. The molecule has 0 heterocycles. The molecule has 3 N–H and O–H groups in total. The number of rotatable bonds is 2. The van der Waals surface area contributed by atoms with Gasteiger partial charge in [0.05, 0.1) is 11.4 Å². The predicted octanol–water partition coefficient (Wildman–Crippen LogP) is 1.87. The molecule has 1 aliphatic carbocycles. The average Bonchev–Trinajstić information content (AvgIpc) is 2.06. The molecule has 4 heteroatoms. The lowest BCUT2D eigenvalue weighted by Crippen LogP contribution is -2.27. The van der Waals surface area contributed by atoms with E-state index in [0.29, 0.717) is 17.0 Å². The second kappa shape index (κ2) is 3.74. The van der Waals surface area contributed by atoms with Crippen molar-refractivity contribution in [3.05, 3.63) is 17.9 Å². The Kier molecular flexibility index (Phi) is 2.60. The Morgan fingerprint density at radius 3 is 2.71 bits per heavy atom. The van der Waals surface area contributed by atoms with Crippen LogP contribution in [0.25, 0.3) is 0 Å². The van der Waals surface area contributed by atoms with Gasteiger partial charge in [0.2, 0.25) is 0 Å². The van der Waals surface area contributed by atoms with E-state index in [4.69, 9.17) is 5.73 Å². The van der Waals surface area contributed by atoms with Crippen LogP contribution in [0.15, 0.2) is 12.1 Å². The summed E-state index contributed by atoms with van der Waals surface area (Å²) in [5.74, 6) is -0.272. The quantitative estimate of drug-likeness (QED) is 0.580. The normalized spacial score (nSPS) is 16.4. The molecule has 2 nitrogen and oxygen atoms in total. The van der Waals surface area contributed by atoms with E-state index >= 15 is 0 Å². The molecule has 2 rings (SSSR count). The van der Waals surface area contributed by atoms with Gasteiger partial charge in [-0.1, -0.05) is 0 Å². The SMILES string of the molecule is Nc1cc(F)c(P)cc1NC1CCC1. The smallest absolute Gasteiger partial charge is 0.132 e. The number of benzene rings is 1. The third kappa shape index (κ3) is 1.83. The van der Waals surface area contributed by atoms with E-state index < -0.39 is 0 Å². The molecule has 1 aliphatic rings. The van der Waals surface area contributed by atoms with Gasteiger partial charge in [0.1, 0.15) is 5.82 Å². The minimum Gasteiger partial charge on any atom is -0.397 e. The Labute approximate surface area is 85.3 Å². The second-order valence-corrected chi connectivity index (χ2v) is 4.36. The lowest BCUT2D eigenvalue weighted by Gasteiger charge is -2.28. The summed E-state index contributed by atoms with van der Waals surface area (Å²) < 4.78 is 13.1. The van der Waals surface area contributed by atoms with E-state index in [1.807, 2.05) is 0 Å². The summed E-state index contributed by atoms with van der Waals surface area (Å²) >= 11 is 0. The van der Waals surface area contributed by atoms with Crippen molar-refractivity contribution in [2.24, 2.45) is 0 Å². The Morgan fingerprint density at radius 1 is 1.43 bits per heavy atom. The highest BCUT2D eigenvalue weighted by molar-refractivity contribution is 7.27. The highest BCUT2D eigenvalue weighted by atomic mass is 31.0. The van der Waals surface area contributed by atoms with Crippen LogP contribution in [0, 0.1) is 5.82 Å². The molecule has 0 aromatic heterocycles. The van der Waals surface area contributed by atoms with Crippen molar-refractivity contribution in [2.45, 2.75) is 25.3 Å². The molecular weight excluding hydrogens is 198 g/mol. The van der Waals surface area contributed by atoms with Crippen molar-refractivity contribution in [1.29, 1.82) is 0 Å². The molecule has 0 bridgehead atoms. The monoisotopic (exact) mass is 212 g/mol. The average molecular weight is 212 g/mol. The van der Waals surface area contributed by atoms with Gasteiger partial charge in [0, 0.05) is 11.3 Å². The van der Waals surface area contributed by atoms with Crippen LogP contribution in [0.2, 0.25) is 0 Å². The zero-order chi connectivity index (χ0) is 10.1. The van der Waals surface area contributed by atoms with Gasteiger partial charge < -0.3 is 11.1 Å². The van der Waals surface area contributed by atoms with E-state index in [2.05, 4.69) is 14.6 Å². The second-order valence-electron chi connectivity index (χ2n) is 3.73. The molecule has 1 saturated carbocycles. The Balaban J connectivity index is 2.19. The predicted molar refractivity (Wildman–Crippen MR) is 61.4 cm³/mol. The molecule has 0 radical (unpaired) electrons. The largest absolute Gasteiger partial charge is 0.397 e. The molecule has 1 aromatic carbocycles. The molecule has 1 atom stereocenters. The summed E-state index contributed by atoms with van der Waals surface area (Å²) in [4.78, 5) is 0. The number of hydrogen-bond donors (Lipinski definition) is 2. The fraction of sp³-hybridized carbons (Fsp3) is 0.400. The molecule has 1 aromatic rings. The van der Waals surface area contributed by atoms with Crippen LogP contribution in [-0.2, 0) is 0 Å². The first-order valence-electron chi connectivity index (χ1n) is 4.78. The summed E-state index contributed by atoms with van der Waals surface area (Å²) in [5.41, 5.74) is 7.04. The fourth-order valence-corrected chi connectivity index (χ4v) is 1.75. The minimum absolute atomic E-state index is 0.272. The third-order valence-corrected chi connectivity index (χ3v) is 3.08. The van der Waals surface area contributed by atoms with Crippen molar-refractivity contribution in [3.63, 3.8) is 0 Å². The van der Waals surface area contributed by atoms with Gasteiger partial charge in [-0.25, -0.2) is 4.39 Å². The van der Waals surface area contributed by atoms with Crippen molar-refractivity contribution >= 4 is 25.9 Å². The van der Waals surface area contributed by atoms with Crippen LogP contribution < -0.4 is 16.4 Å². The molecule has 0 spiro atoms. The van der Waals surface area contributed by atoms with Gasteiger partial charge in [-0.3, -0.25) is 0 Å². The van der Waals surface area contributed by atoms with Gasteiger partial charge in [0.25, 0.3) is 0 Å². The molecule has 1 fully saturated rings. The van der Waals surface area contributed by atoms with Crippen LogP contribution in [0.4, 0.5) is 15.8 Å². The zero-order valence-corrected chi connectivity index (χ0v) is 9.04. The molecule has 1 unspecified atom stereocenters. The molecule has 0 saturated heterocycles. The van der Waals surface area contributed by atoms with Crippen molar-refractivity contribution in [3.8, 4) is 0 Å². The first-order chi connectivity index (χ1) is 6.66. The Hall–Kier alpha value is -0.820. The number of nitrogens with two attached hydrogens (primary N) is 1. The molecular formula is C10H14FN2P. The highest BCUT2D eigenvalue weighted by Gasteiger charge is 2.18. The van der Waals surface area contributed by atoms with Crippen LogP contribution in [0.1, 0.15) is 19.3 Å². The van der Waals surface area contributed by atoms with Crippen LogP contribution in [0.3, 0.4) is 0 Å². The number of nitrogen functional groups attached to an aromatic ring is 1. The van der Waals surface area contributed by atoms with Crippen molar-refractivity contribution in [1.82, 2.24) is 0 Å². The molecule has 0 aliphatic heterocycles. The van der Waals surface area contributed by atoms with Crippen LogP contribution >= 0.6 is 9.24 Å². The summed E-state index contributed by atoms with van der Waals surface area (Å²) in [6, 6.07) is 3.63. The van der Waals surface area contributed by atoms with Gasteiger partial charge >= 0.3 is 0 Å². The molecule has 0 amide bonds. The van der Waals surface area contributed by atoms with Crippen molar-refractivity contribution < 1.29 is 4.39 Å². The molecule has 76 valence electrons. The topological polar surface area (TPSA) is 38.0 Å². The standard InChI is InChI=1S/C10H14FN2P/c11-7-4-8(12)9(5-10(7)14)13-6-2-1-3-6/h4-6,13H,1-3,12,14H2. The first kappa shape index (κ1) is 9.72. The van der Waals surface area contributed by atoms with Gasteiger partial charge in [-0.15, -0.1) is 9.24 Å². The first-order valence-corrected chi connectivity index (χ1v) is 5.35. The summed E-state index contributed by atoms with van der Waals surface area (Å²) in [5, 5.41) is 3.87. The van der Waals surface area contributed by atoms with E-state index in [1.54, 1.807) is 6.07 Å². The lowest BCUT2D eigenvalue weighted by molar-refractivity contribution is 0.445. The minimum atomic E-state index is -0.272. The van der Waals surface area contributed by atoms with Gasteiger partial charge in [0.15, 0.2) is 0 Å². The van der Waals surface area contributed by atoms with Crippen LogP contribution in [0.5, 0.6) is 0 Å². The maximum Gasteiger partial charge on any atom is 0.132 e. The maximum absolute atomic E-state index is 13.1. The van der Waals surface area contributed by atoms with Crippen LogP contribution in [-0.4, -0.2) is 6.04 Å². The number of halogens is 1. The summed E-state index contributed by atoms with van der Waals surface area (Å²) in [7, 11) is 2.37. The molecule has 14 heavy (non-hydrogen) atoms. The van der Waals surface area contributed by atoms with E-state index in [0.717, 1.165) is 5.69 Å². The Morgan fingerprint density at radius 2 is 2.14 bits per heavy atom. The van der Waals surface area contributed by atoms with Crippen molar-refractivity contribution in [2.75, 3.05) is 11.1 Å².